The van der Waals surface area contributed by atoms with Gasteiger partial charge in [-0.15, -0.1) is 22.7 Å². The fourth-order valence-electron chi connectivity index (χ4n) is 7.97. The van der Waals surface area contributed by atoms with Gasteiger partial charge < -0.3 is 25.0 Å². The number of anilines is 3. The van der Waals surface area contributed by atoms with Gasteiger partial charge in [-0.2, -0.15) is 0 Å². The number of aryl methyl sites for hydroxylation is 1. The lowest BCUT2D eigenvalue weighted by molar-refractivity contribution is 0.0174. The van der Waals surface area contributed by atoms with Gasteiger partial charge in [0.15, 0.2) is 5.82 Å². The van der Waals surface area contributed by atoms with Crippen LogP contribution in [0.1, 0.15) is 85.2 Å². The molecule has 2 aliphatic heterocycles. The van der Waals surface area contributed by atoms with Gasteiger partial charge in [0.2, 0.25) is 0 Å². The molecule has 53 heavy (non-hydrogen) atoms. The molecule has 1 unspecified atom stereocenters. The molecule has 3 aliphatic rings. The zero-order valence-electron chi connectivity index (χ0n) is 29.5. The maximum absolute atomic E-state index is 14.5. The lowest BCUT2D eigenvalue weighted by atomic mass is 9.77. The van der Waals surface area contributed by atoms with Crippen LogP contribution in [0.2, 0.25) is 0 Å². The Morgan fingerprint density at radius 1 is 1.00 bits per heavy atom. The molecule has 5 heterocycles. The third-order valence-electron chi connectivity index (χ3n) is 10.8. The van der Waals surface area contributed by atoms with Gasteiger partial charge >= 0.3 is 0 Å². The normalized spacial score (nSPS) is 17.5. The van der Waals surface area contributed by atoms with Crippen molar-refractivity contribution in [2.24, 2.45) is 5.41 Å². The number of aromatic nitrogens is 1. The summed E-state index contributed by atoms with van der Waals surface area (Å²) >= 11 is 2.83. The van der Waals surface area contributed by atoms with Crippen LogP contribution < -0.4 is 20.3 Å². The van der Waals surface area contributed by atoms with Crippen molar-refractivity contribution >= 4 is 57.5 Å². The lowest BCUT2D eigenvalue weighted by Crippen LogP contribution is -2.32. The van der Waals surface area contributed by atoms with Gasteiger partial charge in [-0.25, -0.2) is 4.39 Å². The molecule has 9 nitrogen and oxygen atoms in total. The fraction of sp³-hybridized carbons (Fsp3) is 0.317. The summed E-state index contributed by atoms with van der Waals surface area (Å²) in [5.41, 5.74) is 5.49. The molecule has 1 aliphatic carbocycles. The van der Waals surface area contributed by atoms with E-state index in [1.807, 2.05) is 36.7 Å². The predicted octanol–water partition coefficient (Wildman–Crippen LogP) is 9.10. The zero-order chi connectivity index (χ0) is 36.7. The molecule has 1 saturated heterocycles. The molecule has 0 bridgehead atoms. The second-order valence-corrected chi connectivity index (χ2v) is 16.1. The van der Waals surface area contributed by atoms with E-state index in [-0.39, 0.29) is 34.6 Å². The third-order valence-corrected chi connectivity index (χ3v) is 13.0. The van der Waals surface area contributed by atoms with Gasteiger partial charge in [-0.1, -0.05) is 6.07 Å². The minimum absolute atomic E-state index is 0.00708. The van der Waals surface area contributed by atoms with Crippen molar-refractivity contribution in [2.45, 2.75) is 51.4 Å². The van der Waals surface area contributed by atoms with Crippen molar-refractivity contribution in [2.75, 3.05) is 42.4 Å². The van der Waals surface area contributed by atoms with Crippen LogP contribution in [0.4, 0.5) is 21.5 Å². The number of amides is 3. The molecule has 3 amide bonds. The van der Waals surface area contributed by atoms with E-state index in [4.69, 9.17) is 14.5 Å². The monoisotopic (exact) mass is 750 g/mol. The number of rotatable bonds is 7. The first kappa shape index (κ1) is 35.1. The number of fused-ring (bicyclic) bond motifs is 3. The van der Waals surface area contributed by atoms with E-state index >= 15 is 0 Å². The van der Waals surface area contributed by atoms with E-state index < -0.39 is 11.7 Å². The highest BCUT2D eigenvalue weighted by Gasteiger charge is 2.42. The molecule has 0 radical (unpaired) electrons. The van der Waals surface area contributed by atoms with Crippen molar-refractivity contribution < 1.29 is 28.2 Å². The molecule has 5 aromatic rings. The molecule has 3 aromatic heterocycles. The van der Waals surface area contributed by atoms with E-state index in [2.05, 4.69) is 10.6 Å². The molecule has 2 fully saturated rings. The van der Waals surface area contributed by atoms with Crippen LogP contribution in [0, 0.1) is 18.2 Å². The van der Waals surface area contributed by atoms with Gasteiger partial charge in [0.1, 0.15) is 11.4 Å². The number of hydrogen-bond donors (Lipinski definition) is 2. The van der Waals surface area contributed by atoms with Gasteiger partial charge in [0.05, 0.1) is 38.7 Å². The molecule has 2 N–H and O–H groups in total. The van der Waals surface area contributed by atoms with Crippen LogP contribution in [0.3, 0.4) is 0 Å². The van der Waals surface area contributed by atoms with Crippen molar-refractivity contribution in [3.63, 3.8) is 0 Å². The Balaban J connectivity index is 0.964. The smallest absolute Gasteiger partial charge is 0.265 e. The summed E-state index contributed by atoms with van der Waals surface area (Å²) in [5, 5.41) is 7.66. The van der Waals surface area contributed by atoms with Crippen LogP contribution >= 0.6 is 22.7 Å². The summed E-state index contributed by atoms with van der Waals surface area (Å²) in [7, 11) is 1.42. The summed E-state index contributed by atoms with van der Waals surface area (Å²) in [5.74, 6) is -0.895. The summed E-state index contributed by atoms with van der Waals surface area (Å²) < 4.78 is 25.4. The number of methoxy groups -OCH3 is 1. The highest BCUT2D eigenvalue weighted by atomic mass is 32.1. The molecule has 1 atom stereocenters. The number of para-hydroxylation sites is 1. The number of nitrogens with zero attached hydrogens (tertiary/aromatic N) is 2. The Morgan fingerprint density at radius 3 is 2.60 bits per heavy atom. The number of benzene rings is 2. The molecule has 2 aromatic carbocycles. The number of nitrogens with one attached hydrogen (secondary N) is 2. The van der Waals surface area contributed by atoms with E-state index in [1.165, 1.54) is 41.9 Å². The summed E-state index contributed by atoms with van der Waals surface area (Å²) in [6, 6.07) is 17.1. The van der Waals surface area contributed by atoms with E-state index in [1.54, 1.807) is 35.2 Å². The van der Waals surface area contributed by atoms with Crippen molar-refractivity contribution in [3.05, 3.63) is 111 Å². The van der Waals surface area contributed by atoms with Gasteiger partial charge in [0, 0.05) is 43.1 Å². The van der Waals surface area contributed by atoms with Gasteiger partial charge in [-0.05, 0) is 122 Å². The van der Waals surface area contributed by atoms with Crippen LogP contribution in [0.15, 0.2) is 72.2 Å². The second kappa shape index (κ2) is 14.5. The number of carbonyl (C=O) groups excluding carboxylic acids is 3. The van der Waals surface area contributed by atoms with Gasteiger partial charge in [0.25, 0.3) is 17.7 Å². The van der Waals surface area contributed by atoms with Crippen LogP contribution in [0.25, 0.3) is 9.75 Å². The molecular weight excluding hydrogens is 712 g/mol. The van der Waals surface area contributed by atoms with E-state index in [0.717, 1.165) is 77.6 Å². The Morgan fingerprint density at radius 2 is 1.81 bits per heavy atom. The average molecular weight is 751 g/mol. The van der Waals surface area contributed by atoms with Crippen molar-refractivity contribution in [1.29, 1.82) is 0 Å². The van der Waals surface area contributed by atoms with Crippen molar-refractivity contribution in [3.8, 4) is 15.5 Å². The summed E-state index contributed by atoms with van der Waals surface area (Å²) in [4.78, 5) is 49.8. The number of pyridine rings is 1. The van der Waals surface area contributed by atoms with Crippen LogP contribution in [-0.4, -0.2) is 49.6 Å². The van der Waals surface area contributed by atoms with Gasteiger partial charge in [-0.3, -0.25) is 19.4 Å². The summed E-state index contributed by atoms with van der Waals surface area (Å²) in [6.45, 7) is 3.97. The van der Waals surface area contributed by atoms with Crippen molar-refractivity contribution in [1.82, 2.24) is 4.98 Å². The number of carbonyl (C=O) groups is 3. The molecule has 8 rings (SSSR count). The van der Waals surface area contributed by atoms with E-state index in [0.29, 0.717) is 34.7 Å². The maximum Gasteiger partial charge on any atom is 0.265 e. The standard InChI is InChI=1S/C41H39FN4O5S2/c1-24-20-29(34(43-23-24)27-10-13-41(22-27)14-17-51-18-15-41)38(47)44-28-8-6-25(7-9-28)40(49)46-16-11-26-21-33(53-36(26)37-31(46)12-19-52-37)39(48)45-35-30(42)4-3-5-32(35)50-2/h3-9,12,19-21,23,27H,10-11,13-18,22H2,1-2H3,(H,44,47)(H,45,48). The molecule has 272 valence electrons. The molecule has 1 saturated carbocycles. The Kier molecular flexibility index (Phi) is 9.61. The predicted molar refractivity (Wildman–Crippen MR) is 206 cm³/mol. The Labute approximate surface area is 315 Å². The number of thiophene rings is 2. The zero-order valence-corrected chi connectivity index (χ0v) is 31.1. The Bertz CT molecular complexity index is 2210. The number of halogens is 1. The first-order valence-corrected chi connectivity index (χ1v) is 19.5. The Hall–Kier alpha value is -4.91. The topological polar surface area (TPSA) is 110 Å². The van der Waals surface area contributed by atoms with Crippen LogP contribution in [0.5, 0.6) is 5.75 Å². The number of hydrogen-bond acceptors (Lipinski definition) is 8. The maximum atomic E-state index is 14.5. The quantitative estimate of drug-likeness (QED) is 0.172. The SMILES string of the molecule is COc1cccc(F)c1NC(=O)c1cc2c(s1)-c1sccc1N(C(=O)c1ccc(NC(=O)c3cc(C)cnc3C3CCC4(CCOCC4)C3)cc1)CC2. The minimum atomic E-state index is -0.582. The fourth-order valence-corrected chi connectivity index (χ4v) is 10.2. The van der Waals surface area contributed by atoms with Crippen LogP contribution in [-0.2, 0) is 11.2 Å². The summed E-state index contributed by atoms with van der Waals surface area (Å²) in [6.07, 6.45) is 7.70. The molecule has 1 spiro atoms. The highest BCUT2D eigenvalue weighted by molar-refractivity contribution is 7.23. The molecule has 12 heteroatoms. The lowest BCUT2D eigenvalue weighted by Gasteiger charge is -2.33. The minimum Gasteiger partial charge on any atom is -0.494 e. The second-order valence-electron chi connectivity index (χ2n) is 14.1. The largest absolute Gasteiger partial charge is 0.494 e. The first-order chi connectivity index (χ1) is 25.7. The van der Waals surface area contributed by atoms with E-state index in [9.17, 15) is 18.8 Å². The first-order valence-electron chi connectivity index (χ1n) is 17.8. The molecular formula is C41H39FN4O5S2. The average Bonchev–Trinajstić information content (AvgIpc) is 3.91. The number of ether oxygens (including phenoxy) is 2. The highest BCUT2D eigenvalue weighted by Crippen LogP contribution is 2.52. The third kappa shape index (κ3) is 6.87.